The van der Waals surface area contributed by atoms with E-state index in [0.717, 1.165) is 40.8 Å². The summed E-state index contributed by atoms with van der Waals surface area (Å²) in [7, 11) is 0. The van der Waals surface area contributed by atoms with Gasteiger partial charge in [-0.3, -0.25) is 4.79 Å². The molecule has 2 aromatic rings. The first-order valence-corrected chi connectivity index (χ1v) is 9.03. The molecule has 1 aromatic carbocycles. The zero-order valence-electron chi connectivity index (χ0n) is 11.4. The Hall–Kier alpha value is -0.840. The van der Waals surface area contributed by atoms with Crippen molar-refractivity contribution >= 4 is 44.8 Å². The fraction of sp³-hybridized carbons (Fsp3) is 0.312. The lowest BCUT2D eigenvalue weighted by Crippen LogP contribution is -2.35. The number of amides is 1. The van der Waals surface area contributed by atoms with Crippen LogP contribution in [0, 0.1) is 0 Å². The third-order valence-corrected chi connectivity index (χ3v) is 5.73. The first-order valence-electron chi connectivity index (χ1n) is 6.98. The second kappa shape index (κ2) is 6.51. The molecule has 5 heteroatoms. The molecule has 0 atom stereocenters. The number of thiophene rings is 1. The summed E-state index contributed by atoms with van der Waals surface area (Å²) in [5, 5.41) is 2.66. The molecule has 3 rings (SSSR count). The van der Waals surface area contributed by atoms with E-state index in [4.69, 9.17) is 11.6 Å². The van der Waals surface area contributed by atoms with E-state index < -0.39 is 0 Å². The lowest BCUT2D eigenvalue weighted by atomic mass is 10.1. The lowest BCUT2D eigenvalue weighted by Gasteiger charge is -2.26. The van der Waals surface area contributed by atoms with Crippen molar-refractivity contribution in [1.29, 1.82) is 0 Å². The molecule has 2 nitrogen and oxygen atoms in total. The van der Waals surface area contributed by atoms with Gasteiger partial charge in [0.05, 0.1) is 5.02 Å². The summed E-state index contributed by atoms with van der Waals surface area (Å²) in [6, 6.07) is 7.66. The van der Waals surface area contributed by atoms with Gasteiger partial charge in [0.25, 0.3) is 5.91 Å². The molecule has 1 fully saturated rings. The van der Waals surface area contributed by atoms with Gasteiger partial charge in [0, 0.05) is 38.9 Å². The highest BCUT2D eigenvalue weighted by Crippen LogP contribution is 2.35. The number of halogens is 2. The molecular weight excluding hydrogens is 370 g/mol. The summed E-state index contributed by atoms with van der Waals surface area (Å²) < 4.78 is 1.05. The van der Waals surface area contributed by atoms with Crippen molar-refractivity contribution in [2.45, 2.75) is 19.3 Å². The van der Waals surface area contributed by atoms with Crippen LogP contribution in [0.1, 0.15) is 29.6 Å². The van der Waals surface area contributed by atoms with E-state index in [2.05, 4.69) is 15.9 Å². The van der Waals surface area contributed by atoms with E-state index in [1.54, 1.807) is 17.4 Å². The minimum Gasteiger partial charge on any atom is -0.339 e. The van der Waals surface area contributed by atoms with Crippen LogP contribution in [0.2, 0.25) is 5.02 Å². The number of nitrogens with zero attached hydrogens (tertiary/aromatic N) is 1. The molecule has 0 N–H and O–H groups in total. The number of carbonyl (C=O) groups is 1. The van der Waals surface area contributed by atoms with Crippen LogP contribution in [0.3, 0.4) is 0 Å². The predicted octanol–water partition coefficient (Wildman–Crippen LogP) is 5.46. The van der Waals surface area contributed by atoms with Gasteiger partial charge in [0.15, 0.2) is 0 Å². The summed E-state index contributed by atoms with van der Waals surface area (Å²) >= 11 is 11.5. The van der Waals surface area contributed by atoms with Gasteiger partial charge in [-0.05, 0) is 53.4 Å². The average molecular weight is 385 g/mol. The van der Waals surface area contributed by atoms with Crippen LogP contribution >= 0.6 is 38.9 Å². The Labute approximate surface area is 141 Å². The van der Waals surface area contributed by atoms with E-state index in [9.17, 15) is 4.79 Å². The molecule has 21 heavy (non-hydrogen) atoms. The highest BCUT2D eigenvalue weighted by molar-refractivity contribution is 9.10. The molecule has 1 amide bonds. The minimum atomic E-state index is 0.0931. The maximum atomic E-state index is 12.5. The standard InChI is InChI=1S/C16H15BrClNOS/c17-12-9-15(21-10-12)13-5-4-11(8-14(13)18)16(20)19-6-2-1-3-7-19/h4-5,8-10H,1-3,6-7H2. The number of benzene rings is 1. The topological polar surface area (TPSA) is 20.3 Å². The Morgan fingerprint density at radius 2 is 1.95 bits per heavy atom. The van der Waals surface area contributed by atoms with Gasteiger partial charge in [-0.2, -0.15) is 0 Å². The second-order valence-electron chi connectivity index (χ2n) is 5.18. The predicted molar refractivity (Wildman–Crippen MR) is 92.2 cm³/mol. The molecular formula is C16H15BrClNOS. The summed E-state index contributed by atoms with van der Waals surface area (Å²) in [6.45, 7) is 1.71. The molecule has 1 aliphatic heterocycles. The first-order chi connectivity index (χ1) is 10.1. The molecule has 0 unspecified atom stereocenters. The van der Waals surface area contributed by atoms with Gasteiger partial charge in [-0.25, -0.2) is 0 Å². The molecule has 0 spiro atoms. The van der Waals surface area contributed by atoms with E-state index >= 15 is 0 Å². The second-order valence-corrected chi connectivity index (χ2v) is 7.41. The minimum absolute atomic E-state index is 0.0931. The fourth-order valence-electron chi connectivity index (χ4n) is 2.58. The molecule has 110 valence electrons. The molecule has 1 saturated heterocycles. The highest BCUT2D eigenvalue weighted by Gasteiger charge is 2.19. The van der Waals surface area contributed by atoms with E-state index in [-0.39, 0.29) is 5.91 Å². The van der Waals surface area contributed by atoms with Gasteiger partial charge < -0.3 is 4.90 Å². The number of hydrogen-bond donors (Lipinski definition) is 0. The SMILES string of the molecule is O=C(c1ccc(-c2cc(Br)cs2)c(Cl)c1)N1CCCCC1. The van der Waals surface area contributed by atoms with Gasteiger partial charge in [-0.15, -0.1) is 11.3 Å². The number of hydrogen-bond acceptors (Lipinski definition) is 2. The Morgan fingerprint density at radius 3 is 2.57 bits per heavy atom. The third kappa shape index (κ3) is 3.33. The monoisotopic (exact) mass is 383 g/mol. The van der Waals surface area contributed by atoms with Crippen molar-refractivity contribution in [2.24, 2.45) is 0 Å². The van der Waals surface area contributed by atoms with Crippen LogP contribution in [-0.4, -0.2) is 23.9 Å². The smallest absolute Gasteiger partial charge is 0.253 e. The zero-order valence-corrected chi connectivity index (χ0v) is 14.6. The third-order valence-electron chi connectivity index (χ3n) is 3.69. The Balaban J connectivity index is 1.85. The number of rotatable bonds is 2. The summed E-state index contributed by atoms with van der Waals surface area (Å²) in [4.78, 5) is 15.5. The number of piperidine rings is 1. The summed E-state index contributed by atoms with van der Waals surface area (Å²) in [6.07, 6.45) is 3.41. The fourth-order valence-corrected chi connectivity index (χ4v) is 4.39. The van der Waals surface area contributed by atoms with Crippen molar-refractivity contribution < 1.29 is 4.79 Å². The zero-order chi connectivity index (χ0) is 14.8. The van der Waals surface area contributed by atoms with Crippen LogP contribution in [-0.2, 0) is 0 Å². The maximum absolute atomic E-state index is 12.5. The average Bonchev–Trinajstić information content (AvgIpc) is 2.93. The summed E-state index contributed by atoms with van der Waals surface area (Å²) in [5.41, 5.74) is 1.66. The van der Waals surface area contributed by atoms with Crippen molar-refractivity contribution in [3.8, 4) is 10.4 Å². The molecule has 2 heterocycles. The maximum Gasteiger partial charge on any atom is 0.253 e. The van der Waals surface area contributed by atoms with Crippen LogP contribution in [0.4, 0.5) is 0 Å². The quantitative estimate of drug-likeness (QED) is 0.673. The van der Waals surface area contributed by atoms with Gasteiger partial charge in [0.2, 0.25) is 0 Å². The lowest BCUT2D eigenvalue weighted by molar-refractivity contribution is 0.0724. The van der Waals surface area contributed by atoms with Gasteiger partial charge in [-0.1, -0.05) is 17.7 Å². The Kier molecular flexibility index (Phi) is 4.67. The van der Waals surface area contributed by atoms with Crippen LogP contribution in [0.5, 0.6) is 0 Å². The first kappa shape index (κ1) is 15.1. The van der Waals surface area contributed by atoms with Gasteiger partial charge in [0.1, 0.15) is 0 Å². The van der Waals surface area contributed by atoms with E-state index in [1.807, 2.05) is 28.5 Å². The number of likely N-dealkylation sites (tertiary alicyclic amines) is 1. The Morgan fingerprint density at radius 1 is 1.19 bits per heavy atom. The van der Waals surface area contributed by atoms with Crippen molar-refractivity contribution in [3.05, 3.63) is 44.7 Å². The summed E-state index contributed by atoms with van der Waals surface area (Å²) in [5.74, 6) is 0.0931. The molecule has 0 radical (unpaired) electrons. The van der Waals surface area contributed by atoms with Crippen LogP contribution in [0.15, 0.2) is 34.1 Å². The van der Waals surface area contributed by atoms with Crippen molar-refractivity contribution in [3.63, 3.8) is 0 Å². The largest absolute Gasteiger partial charge is 0.339 e. The van der Waals surface area contributed by atoms with E-state index in [1.165, 1.54) is 6.42 Å². The highest BCUT2D eigenvalue weighted by atomic mass is 79.9. The van der Waals surface area contributed by atoms with E-state index in [0.29, 0.717) is 10.6 Å². The molecule has 1 aliphatic rings. The number of carbonyl (C=O) groups excluding carboxylic acids is 1. The van der Waals surface area contributed by atoms with Crippen LogP contribution in [0.25, 0.3) is 10.4 Å². The molecule has 0 aliphatic carbocycles. The normalized spacial score (nSPS) is 15.2. The van der Waals surface area contributed by atoms with Crippen molar-refractivity contribution in [2.75, 3.05) is 13.1 Å². The Bertz CT molecular complexity index is 664. The van der Waals surface area contributed by atoms with Crippen molar-refractivity contribution in [1.82, 2.24) is 4.90 Å². The van der Waals surface area contributed by atoms with Crippen LogP contribution < -0.4 is 0 Å². The molecule has 0 saturated carbocycles. The molecule has 1 aromatic heterocycles. The molecule has 0 bridgehead atoms. The van der Waals surface area contributed by atoms with Gasteiger partial charge >= 0.3 is 0 Å².